The zero-order valence-electron chi connectivity index (χ0n) is 13.4. The summed E-state index contributed by atoms with van der Waals surface area (Å²) in [5.41, 5.74) is 2.53. The van der Waals surface area contributed by atoms with E-state index in [0.717, 1.165) is 24.6 Å². The molecule has 0 aliphatic heterocycles. The van der Waals surface area contributed by atoms with Gasteiger partial charge in [0.2, 0.25) is 0 Å². The highest BCUT2D eigenvalue weighted by Gasteiger charge is 2.15. The Morgan fingerprint density at radius 1 is 1.29 bits per heavy atom. The normalized spacial score (nSPS) is 12.4. The molecular weight excluding hydrogens is 278 g/mol. The van der Waals surface area contributed by atoms with Gasteiger partial charge in [-0.05, 0) is 45.4 Å². The van der Waals surface area contributed by atoms with Crippen LogP contribution in [0.5, 0.6) is 0 Å². The van der Waals surface area contributed by atoms with Crippen LogP contribution in [0.25, 0.3) is 0 Å². The fourth-order valence-electron chi connectivity index (χ4n) is 2.34. The predicted molar refractivity (Wildman–Crippen MR) is 92.7 cm³/mol. The van der Waals surface area contributed by atoms with Crippen molar-refractivity contribution in [1.82, 2.24) is 10.3 Å². The molecule has 1 atom stereocenters. The lowest BCUT2D eigenvalue weighted by atomic mass is 10.2. The van der Waals surface area contributed by atoms with E-state index in [0.29, 0.717) is 6.04 Å². The van der Waals surface area contributed by atoms with Crippen molar-refractivity contribution in [3.8, 4) is 0 Å². The summed E-state index contributed by atoms with van der Waals surface area (Å²) < 4.78 is 0. The van der Waals surface area contributed by atoms with E-state index in [9.17, 15) is 0 Å². The maximum Gasteiger partial charge on any atom is 0.190 e. The van der Waals surface area contributed by atoms with Crippen molar-refractivity contribution in [2.24, 2.45) is 0 Å². The van der Waals surface area contributed by atoms with Crippen molar-refractivity contribution in [3.63, 3.8) is 0 Å². The highest BCUT2D eigenvalue weighted by Crippen LogP contribution is 2.33. The van der Waals surface area contributed by atoms with Gasteiger partial charge in [-0.15, -0.1) is 0 Å². The maximum atomic E-state index is 4.64. The predicted octanol–water partition coefficient (Wildman–Crippen LogP) is 4.67. The van der Waals surface area contributed by atoms with Gasteiger partial charge in [0.15, 0.2) is 5.13 Å². The molecule has 0 amide bonds. The number of nitrogens with zero attached hydrogens (tertiary/aromatic N) is 2. The Morgan fingerprint density at radius 2 is 2.05 bits per heavy atom. The van der Waals surface area contributed by atoms with Gasteiger partial charge in [0, 0.05) is 29.3 Å². The summed E-state index contributed by atoms with van der Waals surface area (Å²) in [6.45, 7) is 10.7. The summed E-state index contributed by atoms with van der Waals surface area (Å²) in [5.74, 6) is 0. The molecule has 1 aromatic heterocycles. The van der Waals surface area contributed by atoms with Crippen molar-refractivity contribution in [3.05, 3.63) is 40.9 Å². The van der Waals surface area contributed by atoms with Crippen LogP contribution in [0.4, 0.5) is 10.8 Å². The van der Waals surface area contributed by atoms with Gasteiger partial charge in [-0.1, -0.05) is 36.5 Å². The van der Waals surface area contributed by atoms with Crippen LogP contribution in [0, 0.1) is 6.92 Å². The number of hydrogen-bond donors (Lipinski definition) is 1. The second kappa shape index (κ2) is 7.57. The van der Waals surface area contributed by atoms with Gasteiger partial charge in [0.1, 0.15) is 0 Å². The smallest absolute Gasteiger partial charge is 0.190 e. The standard InChI is InChI=1S/C17H25N3S/c1-5-11-18-14(4)16-12-19-17(21-16)20(6-2)15-10-8-7-9-13(15)3/h7-10,12,14,18H,5-6,11H2,1-4H3. The SMILES string of the molecule is CCCNC(C)c1cnc(N(CC)c2ccccc2C)s1. The number of thiazole rings is 1. The number of hydrogen-bond acceptors (Lipinski definition) is 4. The van der Waals surface area contributed by atoms with E-state index in [1.165, 1.54) is 16.1 Å². The van der Waals surface area contributed by atoms with Gasteiger partial charge in [-0.25, -0.2) is 4.98 Å². The van der Waals surface area contributed by atoms with Crippen molar-refractivity contribution in [1.29, 1.82) is 0 Å². The Kier molecular flexibility index (Phi) is 5.76. The van der Waals surface area contributed by atoms with E-state index in [2.05, 4.69) is 67.2 Å². The molecule has 0 aliphatic rings. The van der Waals surface area contributed by atoms with Crippen molar-refractivity contribution < 1.29 is 0 Å². The third-order valence-corrected chi connectivity index (χ3v) is 4.80. The number of benzene rings is 1. The number of aromatic nitrogens is 1. The van der Waals surface area contributed by atoms with Gasteiger partial charge in [0.25, 0.3) is 0 Å². The molecule has 21 heavy (non-hydrogen) atoms. The minimum absolute atomic E-state index is 0.367. The zero-order chi connectivity index (χ0) is 15.2. The molecule has 0 saturated heterocycles. The molecule has 0 bridgehead atoms. The lowest BCUT2D eigenvalue weighted by molar-refractivity contribution is 0.577. The minimum atomic E-state index is 0.367. The van der Waals surface area contributed by atoms with E-state index >= 15 is 0 Å². The van der Waals surface area contributed by atoms with E-state index in [1.807, 2.05) is 6.20 Å². The molecule has 4 heteroatoms. The van der Waals surface area contributed by atoms with Crippen LogP contribution >= 0.6 is 11.3 Å². The van der Waals surface area contributed by atoms with Gasteiger partial charge in [0.05, 0.1) is 0 Å². The molecule has 0 aliphatic carbocycles. The maximum absolute atomic E-state index is 4.64. The molecule has 0 radical (unpaired) electrons. The second-order valence-electron chi connectivity index (χ2n) is 5.25. The number of aryl methyl sites for hydroxylation is 1. The first-order valence-corrected chi connectivity index (χ1v) is 8.51. The van der Waals surface area contributed by atoms with Crippen LogP contribution in [-0.2, 0) is 0 Å². The van der Waals surface area contributed by atoms with Gasteiger partial charge >= 0.3 is 0 Å². The summed E-state index contributed by atoms with van der Waals surface area (Å²) >= 11 is 1.78. The Morgan fingerprint density at radius 3 is 2.71 bits per heavy atom. The molecule has 1 N–H and O–H groups in total. The topological polar surface area (TPSA) is 28.2 Å². The van der Waals surface area contributed by atoms with E-state index in [1.54, 1.807) is 11.3 Å². The van der Waals surface area contributed by atoms with Crippen LogP contribution in [0.1, 0.15) is 43.7 Å². The fourth-order valence-corrected chi connectivity index (χ4v) is 3.36. The first kappa shape index (κ1) is 16.0. The second-order valence-corrected chi connectivity index (χ2v) is 6.29. The van der Waals surface area contributed by atoms with Crippen molar-refractivity contribution >= 4 is 22.2 Å². The molecular formula is C17H25N3S. The molecule has 2 rings (SSSR count). The fraction of sp³-hybridized carbons (Fsp3) is 0.471. The van der Waals surface area contributed by atoms with Crippen LogP contribution < -0.4 is 10.2 Å². The van der Waals surface area contributed by atoms with Crippen LogP contribution in [-0.4, -0.2) is 18.1 Å². The van der Waals surface area contributed by atoms with Crippen LogP contribution in [0.15, 0.2) is 30.5 Å². The first-order valence-electron chi connectivity index (χ1n) is 7.69. The average molecular weight is 303 g/mol. The molecule has 2 aromatic rings. The third-order valence-electron chi connectivity index (χ3n) is 3.59. The lowest BCUT2D eigenvalue weighted by Crippen LogP contribution is -2.18. The Bertz CT molecular complexity index is 565. The number of rotatable bonds is 7. The van der Waals surface area contributed by atoms with Crippen molar-refractivity contribution in [2.75, 3.05) is 18.0 Å². The largest absolute Gasteiger partial charge is 0.318 e. The van der Waals surface area contributed by atoms with E-state index < -0.39 is 0 Å². The summed E-state index contributed by atoms with van der Waals surface area (Å²) in [6.07, 6.45) is 3.16. The zero-order valence-corrected chi connectivity index (χ0v) is 14.2. The number of anilines is 2. The summed E-state index contributed by atoms with van der Waals surface area (Å²) in [6, 6.07) is 8.85. The van der Waals surface area contributed by atoms with Crippen LogP contribution in [0.2, 0.25) is 0 Å². The van der Waals surface area contributed by atoms with Gasteiger partial charge in [-0.3, -0.25) is 0 Å². The Balaban J connectivity index is 2.20. The highest BCUT2D eigenvalue weighted by molar-refractivity contribution is 7.15. The van der Waals surface area contributed by atoms with Gasteiger partial charge in [-0.2, -0.15) is 0 Å². The van der Waals surface area contributed by atoms with Crippen molar-refractivity contribution in [2.45, 2.75) is 40.2 Å². The van der Waals surface area contributed by atoms with E-state index in [-0.39, 0.29) is 0 Å². The molecule has 0 spiro atoms. The Labute approximate surface area is 132 Å². The average Bonchev–Trinajstić information content (AvgIpc) is 2.97. The summed E-state index contributed by atoms with van der Waals surface area (Å²) in [7, 11) is 0. The molecule has 3 nitrogen and oxygen atoms in total. The minimum Gasteiger partial charge on any atom is -0.318 e. The molecule has 114 valence electrons. The molecule has 0 fully saturated rings. The monoisotopic (exact) mass is 303 g/mol. The molecule has 1 aromatic carbocycles. The van der Waals surface area contributed by atoms with E-state index in [4.69, 9.17) is 0 Å². The quantitative estimate of drug-likeness (QED) is 0.805. The summed E-state index contributed by atoms with van der Waals surface area (Å²) in [4.78, 5) is 8.22. The number of para-hydroxylation sites is 1. The first-order chi connectivity index (χ1) is 10.2. The molecule has 1 heterocycles. The van der Waals surface area contributed by atoms with Gasteiger partial charge < -0.3 is 10.2 Å². The number of nitrogens with one attached hydrogen (secondary N) is 1. The Hall–Kier alpha value is -1.39. The summed E-state index contributed by atoms with van der Waals surface area (Å²) in [5, 5.41) is 4.60. The third kappa shape index (κ3) is 3.83. The highest BCUT2D eigenvalue weighted by atomic mass is 32.1. The lowest BCUT2D eigenvalue weighted by Gasteiger charge is -2.22. The van der Waals surface area contributed by atoms with Crippen LogP contribution in [0.3, 0.4) is 0 Å². The molecule has 1 unspecified atom stereocenters. The molecule has 0 saturated carbocycles.